The van der Waals surface area contributed by atoms with Crippen LogP contribution in [0.1, 0.15) is 30.8 Å². The number of nitrogens with one attached hydrogen (secondary N) is 2. The SMILES string of the molecule is CNC1=C(c2nc3ccccc3[nH]2)C(=O)C(C)(C)N1c1ccc(C)cc1C. The fourth-order valence-electron chi connectivity index (χ4n) is 3.91. The van der Waals surface area contributed by atoms with Gasteiger partial charge in [-0.05, 0) is 51.5 Å². The largest absolute Gasteiger partial charge is 0.374 e. The van der Waals surface area contributed by atoms with Crippen LogP contribution in [0.25, 0.3) is 16.6 Å². The van der Waals surface area contributed by atoms with Crippen molar-refractivity contribution in [3.8, 4) is 0 Å². The lowest BCUT2D eigenvalue weighted by Crippen LogP contribution is -2.46. The molecule has 1 aromatic heterocycles. The number of aromatic nitrogens is 2. The molecule has 0 aliphatic carbocycles. The highest BCUT2D eigenvalue weighted by Gasteiger charge is 2.48. The van der Waals surface area contributed by atoms with Gasteiger partial charge in [-0.2, -0.15) is 0 Å². The second-order valence-electron chi connectivity index (χ2n) is 7.59. The normalized spacial score (nSPS) is 16.5. The average Bonchev–Trinajstić information content (AvgIpc) is 3.13. The van der Waals surface area contributed by atoms with Gasteiger partial charge in [0, 0.05) is 12.7 Å². The van der Waals surface area contributed by atoms with E-state index < -0.39 is 5.54 Å². The number of Topliss-reactive ketones (excluding diaryl/α,β-unsaturated/α-hetero) is 1. The van der Waals surface area contributed by atoms with Gasteiger partial charge in [-0.15, -0.1) is 0 Å². The summed E-state index contributed by atoms with van der Waals surface area (Å²) in [5.74, 6) is 1.42. The van der Waals surface area contributed by atoms with Crippen LogP contribution in [0, 0.1) is 13.8 Å². The number of fused-ring (bicyclic) bond motifs is 1. The Labute approximate surface area is 159 Å². The summed E-state index contributed by atoms with van der Waals surface area (Å²) in [4.78, 5) is 23.5. The number of benzene rings is 2. The molecule has 0 fully saturated rings. The van der Waals surface area contributed by atoms with E-state index in [1.165, 1.54) is 5.56 Å². The Hall–Kier alpha value is -3.08. The van der Waals surface area contributed by atoms with Crippen molar-refractivity contribution in [2.75, 3.05) is 11.9 Å². The zero-order valence-electron chi connectivity index (χ0n) is 16.3. The first-order chi connectivity index (χ1) is 12.8. The molecule has 2 heterocycles. The molecule has 3 aromatic rings. The van der Waals surface area contributed by atoms with E-state index in [1.54, 1.807) is 0 Å². The minimum Gasteiger partial charge on any atom is -0.374 e. The molecule has 2 aromatic carbocycles. The maximum atomic E-state index is 13.4. The van der Waals surface area contributed by atoms with E-state index in [1.807, 2.05) is 45.2 Å². The Morgan fingerprint density at radius 2 is 1.85 bits per heavy atom. The molecule has 0 saturated carbocycles. The van der Waals surface area contributed by atoms with Crippen molar-refractivity contribution in [2.24, 2.45) is 0 Å². The number of hydrogen-bond acceptors (Lipinski definition) is 4. The van der Waals surface area contributed by atoms with Crippen LogP contribution in [0.2, 0.25) is 0 Å². The highest BCUT2D eigenvalue weighted by atomic mass is 16.1. The smallest absolute Gasteiger partial charge is 0.195 e. The minimum absolute atomic E-state index is 0.0471. The fraction of sp³-hybridized carbons (Fsp3) is 0.273. The Balaban J connectivity index is 1.95. The molecular weight excluding hydrogens is 336 g/mol. The number of hydrogen-bond donors (Lipinski definition) is 2. The third-order valence-electron chi connectivity index (χ3n) is 5.26. The van der Waals surface area contributed by atoms with Crippen LogP contribution in [0.4, 0.5) is 5.69 Å². The number of anilines is 1. The van der Waals surface area contributed by atoms with Crippen molar-refractivity contribution in [3.63, 3.8) is 0 Å². The molecule has 0 saturated heterocycles. The molecule has 1 aliphatic rings. The monoisotopic (exact) mass is 360 g/mol. The van der Waals surface area contributed by atoms with E-state index >= 15 is 0 Å². The Morgan fingerprint density at radius 1 is 1.11 bits per heavy atom. The number of para-hydroxylation sites is 2. The minimum atomic E-state index is -0.716. The quantitative estimate of drug-likeness (QED) is 0.743. The standard InChI is InChI=1S/C22H24N4O/c1-13-10-11-17(14(2)12-13)26-21(23-5)18(19(27)22(26,3)4)20-24-15-8-6-7-9-16(15)25-20/h6-12,23H,1-5H3,(H,24,25). The van der Waals surface area contributed by atoms with Crippen molar-refractivity contribution in [1.82, 2.24) is 15.3 Å². The van der Waals surface area contributed by atoms with Crippen molar-refractivity contribution in [3.05, 3.63) is 65.2 Å². The van der Waals surface area contributed by atoms with E-state index in [0.717, 1.165) is 28.1 Å². The van der Waals surface area contributed by atoms with E-state index in [9.17, 15) is 4.79 Å². The van der Waals surface area contributed by atoms with Gasteiger partial charge in [0.1, 0.15) is 22.8 Å². The molecule has 2 N–H and O–H groups in total. The number of rotatable bonds is 3. The molecule has 0 amide bonds. The number of aryl methyl sites for hydroxylation is 2. The summed E-state index contributed by atoms with van der Waals surface area (Å²) in [5, 5.41) is 3.26. The highest BCUT2D eigenvalue weighted by molar-refractivity contribution is 6.29. The molecular formula is C22H24N4O. The highest BCUT2D eigenvalue weighted by Crippen LogP contribution is 2.42. The van der Waals surface area contributed by atoms with Gasteiger partial charge in [0.2, 0.25) is 0 Å². The third kappa shape index (κ3) is 2.53. The van der Waals surface area contributed by atoms with E-state index in [2.05, 4.69) is 52.2 Å². The molecule has 5 heteroatoms. The predicted octanol–water partition coefficient (Wildman–Crippen LogP) is 3.94. The topological polar surface area (TPSA) is 61.0 Å². The second kappa shape index (κ2) is 5.98. The predicted molar refractivity (Wildman–Crippen MR) is 110 cm³/mol. The molecule has 0 radical (unpaired) electrons. The lowest BCUT2D eigenvalue weighted by atomic mass is 9.95. The van der Waals surface area contributed by atoms with Gasteiger partial charge in [0.05, 0.1) is 11.0 Å². The molecule has 0 bridgehead atoms. The van der Waals surface area contributed by atoms with Crippen LogP contribution in [0.3, 0.4) is 0 Å². The summed E-state index contributed by atoms with van der Waals surface area (Å²) in [6.07, 6.45) is 0. The number of aromatic amines is 1. The maximum absolute atomic E-state index is 13.4. The van der Waals surface area contributed by atoms with Crippen LogP contribution in [0.5, 0.6) is 0 Å². The van der Waals surface area contributed by atoms with Crippen molar-refractivity contribution in [2.45, 2.75) is 33.2 Å². The number of imidazole rings is 1. The number of ketones is 1. The van der Waals surface area contributed by atoms with Crippen molar-refractivity contribution >= 4 is 28.1 Å². The van der Waals surface area contributed by atoms with Gasteiger partial charge in [-0.1, -0.05) is 29.8 Å². The molecule has 138 valence electrons. The number of carbonyl (C=O) groups is 1. The van der Waals surface area contributed by atoms with Crippen LogP contribution >= 0.6 is 0 Å². The van der Waals surface area contributed by atoms with Crippen LogP contribution < -0.4 is 10.2 Å². The van der Waals surface area contributed by atoms with E-state index in [4.69, 9.17) is 0 Å². The summed E-state index contributed by atoms with van der Waals surface area (Å²) in [7, 11) is 1.85. The van der Waals surface area contributed by atoms with Gasteiger partial charge >= 0.3 is 0 Å². The molecule has 1 aliphatic heterocycles. The van der Waals surface area contributed by atoms with Gasteiger partial charge in [-0.25, -0.2) is 4.98 Å². The first kappa shape index (κ1) is 17.3. The zero-order valence-corrected chi connectivity index (χ0v) is 16.3. The molecule has 0 spiro atoms. The third-order valence-corrected chi connectivity index (χ3v) is 5.26. The van der Waals surface area contributed by atoms with Gasteiger partial charge in [0.25, 0.3) is 0 Å². The first-order valence-corrected chi connectivity index (χ1v) is 9.14. The van der Waals surface area contributed by atoms with Gasteiger partial charge in [-0.3, -0.25) is 4.79 Å². The number of H-pyrrole nitrogens is 1. The van der Waals surface area contributed by atoms with Gasteiger partial charge < -0.3 is 15.2 Å². The molecule has 0 atom stereocenters. The number of carbonyl (C=O) groups excluding carboxylic acids is 1. The summed E-state index contributed by atoms with van der Waals surface area (Å²) < 4.78 is 0. The summed E-state index contributed by atoms with van der Waals surface area (Å²) in [5.41, 5.74) is 5.01. The fourth-order valence-corrected chi connectivity index (χ4v) is 3.91. The van der Waals surface area contributed by atoms with Crippen LogP contribution in [0.15, 0.2) is 48.3 Å². The molecule has 0 unspecified atom stereocenters. The Bertz CT molecular complexity index is 1060. The van der Waals surface area contributed by atoms with Crippen molar-refractivity contribution < 1.29 is 4.79 Å². The molecule has 5 nitrogen and oxygen atoms in total. The van der Waals surface area contributed by atoms with Crippen LogP contribution in [-0.4, -0.2) is 28.3 Å². The second-order valence-corrected chi connectivity index (χ2v) is 7.59. The Morgan fingerprint density at radius 3 is 2.52 bits per heavy atom. The lowest BCUT2D eigenvalue weighted by molar-refractivity contribution is -0.116. The van der Waals surface area contributed by atoms with Gasteiger partial charge in [0.15, 0.2) is 5.78 Å². The van der Waals surface area contributed by atoms with Crippen LogP contribution in [-0.2, 0) is 4.79 Å². The van der Waals surface area contributed by atoms with E-state index in [-0.39, 0.29) is 5.78 Å². The molecule has 4 rings (SSSR count). The number of nitrogens with zero attached hydrogens (tertiary/aromatic N) is 2. The summed E-state index contributed by atoms with van der Waals surface area (Å²) in [6, 6.07) is 14.1. The summed E-state index contributed by atoms with van der Waals surface area (Å²) >= 11 is 0. The average molecular weight is 360 g/mol. The Kier molecular flexibility index (Phi) is 3.84. The lowest BCUT2D eigenvalue weighted by Gasteiger charge is -2.35. The maximum Gasteiger partial charge on any atom is 0.195 e. The summed E-state index contributed by atoms with van der Waals surface area (Å²) in [6.45, 7) is 8.07. The first-order valence-electron chi connectivity index (χ1n) is 9.14. The van der Waals surface area contributed by atoms with Crippen molar-refractivity contribution in [1.29, 1.82) is 0 Å². The van der Waals surface area contributed by atoms with E-state index in [0.29, 0.717) is 11.4 Å². The molecule has 27 heavy (non-hydrogen) atoms. The zero-order chi connectivity index (χ0) is 19.3.